The molecule has 5 nitrogen and oxygen atoms in total. The highest BCUT2D eigenvalue weighted by atomic mass is 32.2. The second kappa shape index (κ2) is 3.69. The van der Waals surface area contributed by atoms with Gasteiger partial charge in [-0.2, -0.15) is 17.0 Å². The van der Waals surface area contributed by atoms with Crippen LogP contribution in [0.15, 0.2) is 0 Å². The molecule has 2 heterocycles. The molecule has 0 bridgehead atoms. The van der Waals surface area contributed by atoms with Crippen molar-refractivity contribution < 1.29 is 8.42 Å². The second-order valence-electron chi connectivity index (χ2n) is 4.60. The summed E-state index contributed by atoms with van der Waals surface area (Å²) in [4.78, 5) is 0. The molecule has 0 aliphatic carbocycles. The van der Waals surface area contributed by atoms with Crippen LogP contribution in [-0.4, -0.2) is 48.7 Å². The Morgan fingerprint density at radius 1 is 1.20 bits per heavy atom. The highest BCUT2D eigenvalue weighted by molar-refractivity contribution is 7.86. The summed E-state index contributed by atoms with van der Waals surface area (Å²) in [7, 11) is -3.20. The van der Waals surface area contributed by atoms with Crippen LogP contribution in [0.5, 0.6) is 0 Å². The van der Waals surface area contributed by atoms with Gasteiger partial charge in [0.25, 0.3) is 10.2 Å². The van der Waals surface area contributed by atoms with Crippen molar-refractivity contribution in [3.05, 3.63) is 0 Å². The SMILES string of the molecule is CCC1(N)CN(S(=O)(=O)N2CCCC2)C1. The average molecular weight is 233 g/mol. The van der Waals surface area contributed by atoms with Crippen LogP contribution in [0, 0.1) is 0 Å². The van der Waals surface area contributed by atoms with E-state index in [1.807, 2.05) is 6.92 Å². The average Bonchev–Trinajstić information content (AvgIpc) is 2.65. The van der Waals surface area contributed by atoms with Gasteiger partial charge in [-0.25, -0.2) is 0 Å². The highest BCUT2D eigenvalue weighted by Gasteiger charge is 2.46. The van der Waals surface area contributed by atoms with Crippen molar-refractivity contribution in [2.24, 2.45) is 5.73 Å². The van der Waals surface area contributed by atoms with Crippen LogP contribution in [0.4, 0.5) is 0 Å². The van der Waals surface area contributed by atoms with E-state index in [-0.39, 0.29) is 5.54 Å². The minimum atomic E-state index is -3.20. The fraction of sp³-hybridized carbons (Fsp3) is 1.00. The molecule has 0 aromatic carbocycles. The molecule has 0 unspecified atom stereocenters. The first-order chi connectivity index (χ1) is 6.98. The molecule has 2 fully saturated rings. The van der Waals surface area contributed by atoms with Crippen LogP contribution in [0.3, 0.4) is 0 Å². The van der Waals surface area contributed by atoms with E-state index in [0.717, 1.165) is 19.3 Å². The highest BCUT2D eigenvalue weighted by Crippen LogP contribution is 2.27. The number of hydrogen-bond donors (Lipinski definition) is 1. The largest absolute Gasteiger partial charge is 0.323 e. The molecule has 2 aliphatic heterocycles. The molecule has 6 heteroatoms. The molecule has 88 valence electrons. The lowest BCUT2D eigenvalue weighted by atomic mass is 9.91. The summed E-state index contributed by atoms with van der Waals surface area (Å²) in [6, 6.07) is 0. The Bertz CT molecular complexity index is 329. The molecular weight excluding hydrogens is 214 g/mol. The van der Waals surface area contributed by atoms with Gasteiger partial charge < -0.3 is 5.73 Å². The lowest BCUT2D eigenvalue weighted by molar-refractivity contribution is 0.144. The Balaban J connectivity index is 2.00. The maximum Gasteiger partial charge on any atom is 0.282 e. The van der Waals surface area contributed by atoms with Crippen molar-refractivity contribution in [1.82, 2.24) is 8.61 Å². The molecule has 0 aromatic rings. The van der Waals surface area contributed by atoms with Crippen molar-refractivity contribution >= 4 is 10.2 Å². The lowest BCUT2D eigenvalue weighted by Crippen LogP contribution is -2.69. The summed E-state index contributed by atoms with van der Waals surface area (Å²) in [5, 5.41) is 0. The van der Waals surface area contributed by atoms with Gasteiger partial charge in [-0.05, 0) is 19.3 Å². The Labute approximate surface area is 91.4 Å². The molecule has 2 aliphatic rings. The molecular formula is C9H19N3O2S. The van der Waals surface area contributed by atoms with Gasteiger partial charge in [0, 0.05) is 31.7 Å². The third-order valence-electron chi connectivity index (χ3n) is 3.40. The van der Waals surface area contributed by atoms with Gasteiger partial charge >= 0.3 is 0 Å². The second-order valence-corrected chi connectivity index (χ2v) is 6.53. The fourth-order valence-corrected chi connectivity index (χ4v) is 4.01. The van der Waals surface area contributed by atoms with Crippen LogP contribution in [0.2, 0.25) is 0 Å². The first-order valence-electron chi connectivity index (χ1n) is 5.52. The van der Waals surface area contributed by atoms with Crippen molar-refractivity contribution in [2.45, 2.75) is 31.7 Å². The Morgan fingerprint density at radius 3 is 2.20 bits per heavy atom. The van der Waals surface area contributed by atoms with Crippen LogP contribution in [0.1, 0.15) is 26.2 Å². The first-order valence-corrected chi connectivity index (χ1v) is 6.92. The Kier molecular flexibility index (Phi) is 2.79. The predicted molar refractivity (Wildman–Crippen MR) is 58.5 cm³/mol. The van der Waals surface area contributed by atoms with Crippen molar-refractivity contribution in [1.29, 1.82) is 0 Å². The minimum Gasteiger partial charge on any atom is -0.323 e. The zero-order chi connectivity index (χ0) is 11.1. The molecule has 2 saturated heterocycles. The van der Waals surface area contributed by atoms with Gasteiger partial charge in [-0.3, -0.25) is 0 Å². The summed E-state index contributed by atoms with van der Waals surface area (Å²) in [6.45, 7) is 4.29. The van der Waals surface area contributed by atoms with E-state index in [9.17, 15) is 8.42 Å². The third kappa shape index (κ3) is 1.91. The van der Waals surface area contributed by atoms with Gasteiger partial charge in [0.2, 0.25) is 0 Å². The molecule has 2 rings (SSSR count). The number of nitrogens with two attached hydrogens (primary N) is 1. The molecule has 0 spiro atoms. The molecule has 0 atom stereocenters. The van der Waals surface area contributed by atoms with E-state index in [1.165, 1.54) is 4.31 Å². The van der Waals surface area contributed by atoms with Gasteiger partial charge in [0.15, 0.2) is 0 Å². The van der Waals surface area contributed by atoms with Gasteiger partial charge in [-0.15, -0.1) is 0 Å². The zero-order valence-corrected chi connectivity index (χ0v) is 9.96. The Morgan fingerprint density at radius 2 is 1.73 bits per heavy atom. The zero-order valence-electron chi connectivity index (χ0n) is 9.15. The summed E-state index contributed by atoms with van der Waals surface area (Å²) < 4.78 is 27.1. The maximum absolute atomic E-state index is 12.0. The summed E-state index contributed by atoms with van der Waals surface area (Å²) in [6.07, 6.45) is 2.79. The predicted octanol–water partition coefficient (Wildman–Crippen LogP) is -0.250. The maximum atomic E-state index is 12.0. The van der Waals surface area contributed by atoms with Crippen molar-refractivity contribution in [3.8, 4) is 0 Å². The summed E-state index contributed by atoms with van der Waals surface area (Å²) in [5.74, 6) is 0. The van der Waals surface area contributed by atoms with Gasteiger partial charge in [0.05, 0.1) is 0 Å². The molecule has 0 amide bonds. The van der Waals surface area contributed by atoms with Gasteiger partial charge in [0.1, 0.15) is 0 Å². The van der Waals surface area contributed by atoms with Crippen LogP contribution < -0.4 is 5.73 Å². The minimum absolute atomic E-state index is 0.285. The lowest BCUT2D eigenvalue weighted by Gasteiger charge is -2.47. The van der Waals surface area contributed by atoms with E-state index in [0.29, 0.717) is 26.2 Å². The van der Waals surface area contributed by atoms with Crippen LogP contribution >= 0.6 is 0 Å². The van der Waals surface area contributed by atoms with Gasteiger partial charge in [-0.1, -0.05) is 6.92 Å². The summed E-state index contributed by atoms with van der Waals surface area (Å²) in [5.41, 5.74) is 5.68. The van der Waals surface area contributed by atoms with E-state index in [4.69, 9.17) is 5.73 Å². The topological polar surface area (TPSA) is 66.6 Å². The Hall–Kier alpha value is -0.170. The first kappa shape index (κ1) is 11.3. The monoisotopic (exact) mass is 233 g/mol. The molecule has 0 saturated carbocycles. The standard InChI is InChI=1S/C9H19N3O2S/c1-2-9(10)7-12(8-9)15(13,14)11-5-3-4-6-11/h2-8,10H2,1H3. The van der Waals surface area contributed by atoms with E-state index >= 15 is 0 Å². The fourth-order valence-electron chi connectivity index (χ4n) is 2.13. The van der Waals surface area contributed by atoms with E-state index < -0.39 is 10.2 Å². The van der Waals surface area contributed by atoms with Crippen LogP contribution in [-0.2, 0) is 10.2 Å². The van der Waals surface area contributed by atoms with Crippen molar-refractivity contribution in [2.75, 3.05) is 26.2 Å². The number of nitrogens with zero attached hydrogens (tertiary/aromatic N) is 2. The number of rotatable bonds is 3. The molecule has 2 N–H and O–H groups in total. The smallest absolute Gasteiger partial charge is 0.282 e. The quantitative estimate of drug-likeness (QED) is 0.731. The van der Waals surface area contributed by atoms with E-state index in [2.05, 4.69) is 0 Å². The molecule has 15 heavy (non-hydrogen) atoms. The third-order valence-corrected chi connectivity index (χ3v) is 5.33. The molecule has 0 radical (unpaired) electrons. The summed E-state index contributed by atoms with van der Waals surface area (Å²) >= 11 is 0. The number of hydrogen-bond acceptors (Lipinski definition) is 3. The van der Waals surface area contributed by atoms with E-state index in [1.54, 1.807) is 4.31 Å². The van der Waals surface area contributed by atoms with Crippen LogP contribution in [0.25, 0.3) is 0 Å². The van der Waals surface area contributed by atoms with Crippen molar-refractivity contribution in [3.63, 3.8) is 0 Å². The normalized spacial score (nSPS) is 27.9. The molecule has 0 aromatic heterocycles.